The molecule has 3 aromatic carbocycles. The molecule has 0 atom stereocenters. The second-order valence-electron chi connectivity index (χ2n) is 7.71. The molecule has 0 saturated carbocycles. The summed E-state index contributed by atoms with van der Waals surface area (Å²) in [6.07, 6.45) is 1.23. The topological polar surface area (TPSA) is 171 Å². The molecule has 0 unspecified atom stereocenters. The van der Waals surface area contributed by atoms with Crippen molar-refractivity contribution in [2.45, 2.75) is 0 Å². The van der Waals surface area contributed by atoms with Gasteiger partial charge in [-0.3, -0.25) is 35.1 Å². The number of nitro groups is 2. The van der Waals surface area contributed by atoms with Crippen molar-refractivity contribution in [1.29, 1.82) is 0 Å². The maximum absolute atomic E-state index is 13.2. The summed E-state index contributed by atoms with van der Waals surface area (Å²) in [5.74, 6) is -1.99. The fourth-order valence-electron chi connectivity index (χ4n) is 3.56. The van der Waals surface area contributed by atoms with E-state index in [1.165, 1.54) is 37.5 Å². The summed E-state index contributed by atoms with van der Waals surface area (Å²) in [6.45, 7) is 0. The minimum atomic E-state index is -0.962. The first-order valence-corrected chi connectivity index (χ1v) is 12.1. The first-order chi connectivity index (χ1) is 18.5. The summed E-state index contributed by atoms with van der Waals surface area (Å²) < 4.78 is 11.4. The van der Waals surface area contributed by atoms with Gasteiger partial charge < -0.3 is 9.47 Å². The van der Waals surface area contributed by atoms with Crippen LogP contribution in [0.2, 0.25) is 5.02 Å². The molecule has 0 aliphatic carbocycles. The predicted octanol–water partition coefficient (Wildman–Crippen LogP) is 5.23. The van der Waals surface area contributed by atoms with E-state index in [-0.39, 0.29) is 33.5 Å². The minimum absolute atomic E-state index is 0.0458. The normalized spacial score (nSPS) is 14.3. The van der Waals surface area contributed by atoms with Gasteiger partial charge in [0, 0.05) is 6.07 Å². The van der Waals surface area contributed by atoms with Gasteiger partial charge in [0.1, 0.15) is 5.57 Å². The average molecular weight is 665 g/mol. The van der Waals surface area contributed by atoms with Crippen LogP contribution in [0.5, 0.6) is 17.2 Å². The highest BCUT2D eigenvalue weighted by Crippen LogP contribution is 2.41. The van der Waals surface area contributed by atoms with Crippen molar-refractivity contribution in [2.75, 3.05) is 12.0 Å². The molecule has 198 valence electrons. The van der Waals surface area contributed by atoms with E-state index < -0.39 is 39.1 Å². The van der Waals surface area contributed by atoms with Crippen LogP contribution in [0.3, 0.4) is 0 Å². The van der Waals surface area contributed by atoms with Crippen LogP contribution >= 0.6 is 34.2 Å². The molecule has 1 aliphatic rings. The Morgan fingerprint density at radius 2 is 1.72 bits per heavy atom. The maximum Gasteiger partial charge on any atom is 0.335 e. The van der Waals surface area contributed by atoms with Gasteiger partial charge in [0.2, 0.25) is 5.75 Å². The zero-order chi connectivity index (χ0) is 28.4. The number of para-hydroxylation sites is 1. The highest BCUT2D eigenvalue weighted by molar-refractivity contribution is 14.1. The zero-order valence-corrected chi connectivity index (χ0v) is 22.5. The summed E-state index contributed by atoms with van der Waals surface area (Å²) in [6, 6.07) is 11.0. The van der Waals surface area contributed by atoms with E-state index in [1.807, 2.05) is 22.6 Å². The molecule has 0 bridgehead atoms. The number of carbonyl (C=O) groups excluding carboxylic acids is 3. The molecule has 1 N–H and O–H groups in total. The van der Waals surface area contributed by atoms with Crippen molar-refractivity contribution in [1.82, 2.24) is 5.32 Å². The third kappa shape index (κ3) is 5.51. The van der Waals surface area contributed by atoms with Gasteiger partial charge in [-0.2, -0.15) is 0 Å². The number of nitrogens with zero attached hydrogens (tertiary/aromatic N) is 3. The Bertz CT molecular complexity index is 1610. The van der Waals surface area contributed by atoms with Gasteiger partial charge in [-0.15, -0.1) is 0 Å². The number of urea groups is 1. The van der Waals surface area contributed by atoms with Crippen molar-refractivity contribution in [3.8, 4) is 17.2 Å². The highest BCUT2D eigenvalue weighted by atomic mass is 127. The van der Waals surface area contributed by atoms with E-state index in [0.717, 1.165) is 23.1 Å². The molecule has 1 fully saturated rings. The second-order valence-corrected chi connectivity index (χ2v) is 9.28. The summed E-state index contributed by atoms with van der Waals surface area (Å²) >= 11 is 8.00. The lowest BCUT2D eigenvalue weighted by Crippen LogP contribution is -2.54. The van der Waals surface area contributed by atoms with E-state index in [1.54, 1.807) is 12.1 Å². The van der Waals surface area contributed by atoms with Crippen molar-refractivity contribution < 1.29 is 33.7 Å². The lowest BCUT2D eigenvalue weighted by molar-refractivity contribution is -0.394. The Balaban J connectivity index is 1.73. The molecule has 39 heavy (non-hydrogen) atoms. The number of imide groups is 2. The predicted molar refractivity (Wildman–Crippen MR) is 146 cm³/mol. The number of hydrogen-bond acceptors (Lipinski definition) is 9. The van der Waals surface area contributed by atoms with Crippen LogP contribution < -0.4 is 19.7 Å². The molecule has 3 aromatic rings. The van der Waals surface area contributed by atoms with Crippen LogP contribution in [0.1, 0.15) is 5.56 Å². The lowest BCUT2D eigenvalue weighted by atomic mass is 10.1. The van der Waals surface area contributed by atoms with Crippen LogP contribution in [0.15, 0.2) is 60.2 Å². The maximum atomic E-state index is 13.2. The minimum Gasteiger partial charge on any atom is -0.493 e. The van der Waals surface area contributed by atoms with E-state index in [9.17, 15) is 34.6 Å². The Morgan fingerprint density at radius 1 is 1.00 bits per heavy atom. The number of amides is 4. The number of rotatable bonds is 7. The number of methoxy groups -OCH3 is 1. The number of halogens is 2. The number of non-ortho nitro benzene ring substituents is 1. The first kappa shape index (κ1) is 27.5. The van der Waals surface area contributed by atoms with Gasteiger partial charge in [-0.25, -0.2) is 9.69 Å². The van der Waals surface area contributed by atoms with Crippen molar-refractivity contribution >= 4 is 75.2 Å². The fourth-order valence-corrected chi connectivity index (χ4v) is 4.51. The second kappa shape index (κ2) is 11.0. The van der Waals surface area contributed by atoms with Crippen LogP contribution in [0.25, 0.3) is 6.08 Å². The van der Waals surface area contributed by atoms with E-state index >= 15 is 0 Å². The van der Waals surface area contributed by atoms with Gasteiger partial charge in [-0.1, -0.05) is 23.7 Å². The third-order valence-electron chi connectivity index (χ3n) is 5.32. The largest absolute Gasteiger partial charge is 0.493 e. The molecule has 4 amide bonds. The number of nitrogens with one attached hydrogen (secondary N) is 1. The van der Waals surface area contributed by atoms with Gasteiger partial charge in [0.15, 0.2) is 11.5 Å². The van der Waals surface area contributed by atoms with Crippen molar-refractivity contribution in [2.24, 2.45) is 0 Å². The quantitative estimate of drug-likeness (QED) is 0.117. The van der Waals surface area contributed by atoms with Gasteiger partial charge >= 0.3 is 11.7 Å². The molecule has 15 heteroatoms. The van der Waals surface area contributed by atoms with Crippen LogP contribution in [-0.2, 0) is 9.59 Å². The van der Waals surface area contributed by atoms with Crippen LogP contribution in [0.4, 0.5) is 21.9 Å². The SMILES string of the molecule is COc1cc(/C=C2\C(=O)NC(=O)N(c3ccccc3Cl)C2=O)cc(I)c1Oc1ccc([N+](=O)[O-])cc1[N+](=O)[O-]. The fraction of sp³-hybridized carbons (Fsp3) is 0.0417. The summed E-state index contributed by atoms with van der Waals surface area (Å²) in [5, 5.41) is 24.7. The van der Waals surface area contributed by atoms with Gasteiger partial charge in [0.05, 0.1) is 37.3 Å². The molecule has 4 rings (SSSR count). The Labute approximate surface area is 237 Å². The third-order valence-corrected chi connectivity index (χ3v) is 6.44. The number of anilines is 1. The number of barbiturate groups is 1. The number of ether oxygens (including phenoxy) is 2. The Kier molecular flexibility index (Phi) is 7.78. The molecule has 13 nitrogen and oxygen atoms in total. The number of hydrogen-bond donors (Lipinski definition) is 1. The molecular weight excluding hydrogens is 651 g/mol. The first-order valence-electron chi connectivity index (χ1n) is 10.7. The number of nitro benzene ring substituents is 2. The molecule has 1 aliphatic heterocycles. The molecular formula is C24H14ClIN4O9. The smallest absolute Gasteiger partial charge is 0.335 e. The summed E-state index contributed by atoms with van der Waals surface area (Å²) in [4.78, 5) is 59.8. The lowest BCUT2D eigenvalue weighted by Gasteiger charge is -2.27. The van der Waals surface area contributed by atoms with E-state index in [2.05, 4.69) is 5.32 Å². The van der Waals surface area contributed by atoms with Crippen molar-refractivity contribution in [3.63, 3.8) is 0 Å². The van der Waals surface area contributed by atoms with E-state index in [4.69, 9.17) is 21.1 Å². The highest BCUT2D eigenvalue weighted by Gasteiger charge is 2.37. The standard InChI is InChI=1S/C24H14ClIN4O9/c1-38-20-10-12(8-14-22(31)27-24(33)28(23(14)32)17-5-3-2-4-15(17)25)9-16(26)21(20)39-19-7-6-13(29(34)35)11-18(19)30(36)37/h2-11H,1H3,(H,27,31,33)/b14-8+. The monoisotopic (exact) mass is 664 g/mol. The Morgan fingerprint density at radius 3 is 2.36 bits per heavy atom. The van der Waals surface area contributed by atoms with Crippen molar-refractivity contribution in [3.05, 3.63) is 94.6 Å². The Hall–Kier alpha value is -4.57. The summed E-state index contributed by atoms with van der Waals surface area (Å²) in [5.41, 5.74) is -1.11. The number of carbonyl (C=O) groups is 3. The number of benzene rings is 3. The molecule has 0 aromatic heterocycles. The molecule has 0 spiro atoms. The van der Waals surface area contributed by atoms with Gasteiger partial charge in [0.25, 0.3) is 17.5 Å². The van der Waals surface area contributed by atoms with Crippen LogP contribution in [-0.4, -0.2) is 34.8 Å². The van der Waals surface area contributed by atoms with Crippen LogP contribution in [0, 0.1) is 23.8 Å². The zero-order valence-electron chi connectivity index (χ0n) is 19.5. The van der Waals surface area contributed by atoms with Gasteiger partial charge in [-0.05, 0) is 64.6 Å². The molecule has 1 heterocycles. The average Bonchev–Trinajstić information content (AvgIpc) is 2.88. The molecule has 0 radical (unpaired) electrons. The molecule has 1 saturated heterocycles. The summed E-state index contributed by atoms with van der Waals surface area (Å²) in [7, 11) is 1.30. The van der Waals surface area contributed by atoms with E-state index in [0.29, 0.717) is 9.13 Å².